The molecule has 9 heteroatoms. The van der Waals surface area contributed by atoms with Crippen LogP contribution in [-0.2, 0) is 0 Å². The van der Waals surface area contributed by atoms with Gasteiger partial charge in [0.15, 0.2) is 11.6 Å². The Labute approximate surface area is 135 Å². The molecule has 2 heterocycles. The molecule has 1 atom stereocenters. The number of nitrogens with zero attached hydrogens (tertiary/aromatic N) is 3. The van der Waals surface area contributed by atoms with E-state index in [1.807, 2.05) is 0 Å². The smallest absolute Gasteiger partial charge is 0.401 e. The van der Waals surface area contributed by atoms with Gasteiger partial charge in [-0.3, -0.25) is 4.90 Å². The van der Waals surface area contributed by atoms with Gasteiger partial charge >= 0.3 is 6.18 Å². The minimum Gasteiger partial charge on any atom is -0.494 e. The van der Waals surface area contributed by atoms with E-state index in [1.54, 1.807) is 0 Å². The molecule has 0 aliphatic carbocycles. The Balaban J connectivity index is 1.78. The van der Waals surface area contributed by atoms with Crippen LogP contribution in [0.1, 0.15) is 6.42 Å². The second-order valence-electron chi connectivity index (χ2n) is 5.71. The molecule has 130 valence electrons. The van der Waals surface area contributed by atoms with E-state index in [0.29, 0.717) is 29.7 Å². The average Bonchev–Trinajstić information content (AvgIpc) is 2.91. The molecule has 1 fully saturated rings. The van der Waals surface area contributed by atoms with Crippen LogP contribution < -0.4 is 10.1 Å². The second-order valence-corrected chi connectivity index (χ2v) is 5.71. The van der Waals surface area contributed by atoms with Gasteiger partial charge in [0.2, 0.25) is 0 Å². The Hall–Kier alpha value is -2.16. The lowest BCUT2D eigenvalue weighted by Crippen LogP contribution is -2.34. The predicted octanol–water partition coefficient (Wildman–Crippen LogP) is 2.83. The van der Waals surface area contributed by atoms with E-state index in [-0.39, 0.29) is 18.3 Å². The van der Waals surface area contributed by atoms with Gasteiger partial charge < -0.3 is 10.1 Å². The number of anilines is 1. The van der Waals surface area contributed by atoms with Gasteiger partial charge in [-0.15, -0.1) is 0 Å². The normalized spacial score (nSPS) is 19.0. The summed E-state index contributed by atoms with van der Waals surface area (Å²) < 4.78 is 56.1. The molecule has 2 aromatic rings. The summed E-state index contributed by atoms with van der Waals surface area (Å²) in [6.07, 6.45) is -2.35. The number of hydrogen-bond acceptors (Lipinski definition) is 5. The zero-order valence-electron chi connectivity index (χ0n) is 12.9. The molecule has 24 heavy (non-hydrogen) atoms. The summed E-state index contributed by atoms with van der Waals surface area (Å²) in [4.78, 5) is 9.49. The standard InChI is InChI=1S/C15H16F4N4O/c1-24-13-4-10-12(5-11(13)16)20-8-21-14(10)22-9-2-3-23(6-9)7-15(17,18)19/h4-5,8-9H,2-3,6-7H2,1H3,(H,20,21,22). The number of hydrogen-bond donors (Lipinski definition) is 1. The van der Waals surface area contributed by atoms with E-state index in [0.717, 1.165) is 0 Å². The van der Waals surface area contributed by atoms with Crippen LogP contribution in [0.4, 0.5) is 23.4 Å². The number of benzene rings is 1. The van der Waals surface area contributed by atoms with Gasteiger partial charge in [0.25, 0.3) is 0 Å². The molecule has 1 saturated heterocycles. The fourth-order valence-electron chi connectivity index (χ4n) is 2.87. The zero-order chi connectivity index (χ0) is 17.3. The molecule has 0 bridgehead atoms. The molecule has 0 saturated carbocycles. The summed E-state index contributed by atoms with van der Waals surface area (Å²) in [7, 11) is 1.35. The summed E-state index contributed by atoms with van der Waals surface area (Å²) in [6, 6.07) is 2.56. The molecule has 1 aromatic heterocycles. The second kappa shape index (κ2) is 6.39. The maximum atomic E-state index is 13.7. The van der Waals surface area contributed by atoms with Crippen LogP contribution in [0.2, 0.25) is 0 Å². The van der Waals surface area contributed by atoms with Crippen molar-refractivity contribution >= 4 is 16.7 Å². The van der Waals surface area contributed by atoms with E-state index in [4.69, 9.17) is 4.74 Å². The zero-order valence-corrected chi connectivity index (χ0v) is 12.9. The third-order valence-electron chi connectivity index (χ3n) is 3.93. The molecule has 0 radical (unpaired) electrons. The van der Waals surface area contributed by atoms with E-state index in [2.05, 4.69) is 15.3 Å². The first-order valence-electron chi connectivity index (χ1n) is 7.39. The summed E-state index contributed by atoms with van der Waals surface area (Å²) in [5.41, 5.74) is 0.399. The highest BCUT2D eigenvalue weighted by Gasteiger charge is 2.34. The lowest BCUT2D eigenvalue weighted by atomic mass is 10.2. The topological polar surface area (TPSA) is 50.3 Å². The number of aromatic nitrogens is 2. The number of ether oxygens (including phenoxy) is 1. The fraction of sp³-hybridized carbons (Fsp3) is 0.467. The number of alkyl halides is 3. The first kappa shape index (κ1) is 16.7. The summed E-state index contributed by atoms with van der Waals surface area (Å²) >= 11 is 0. The Morgan fingerprint density at radius 2 is 2.12 bits per heavy atom. The average molecular weight is 344 g/mol. The first-order chi connectivity index (χ1) is 11.4. The van der Waals surface area contributed by atoms with E-state index < -0.39 is 18.5 Å². The van der Waals surface area contributed by atoms with Crippen LogP contribution in [0.3, 0.4) is 0 Å². The minimum atomic E-state index is -4.21. The Kier molecular flexibility index (Phi) is 4.44. The lowest BCUT2D eigenvalue weighted by Gasteiger charge is -2.19. The molecule has 1 aromatic carbocycles. The van der Waals surface area contributed by atoms with Crippen molar-refractivity contribution < 1.29 is 22.3 Å². The van der Waals surface area contributed by atoms with Crippen molar-refractivity contribution in [3.8, 4) is 5.75 Å². The molecule has 1 N–H and O–H groups in total. The van der Waals surface area contributed by atoms with Crippen LogP contribution in [0.15, 0.2) is 18.5 Å². The fourth-order valence-corrected chi connectivity index (χ4v) is 2.87. The molecule has 0 amide bonds. The van der Waals surface area contributed by atoms with Crippen molar-refractivity contribution in [3.63, 3.8) is 0 Å². The summed E-state index contributed by atoms with van der Waals surface area (Å²) in [5.74, 6) is -0.0190. The highest BCUT2D eigenvalue weighted by atomic mass is 19.4. The lowest BCUT2D eigenvalue weighted by molar-refractivity contribution is -0.143. The monoisotopic (exact) mass is 344 g/mol. The van der Waals surface area contributed by atoms with Gasteiger partial charge in [-0.1, -0.05) is 0 Å². The number of halogens is 4. The van der Waals surface area contributed by atoms with E-state index >= 15 is 0 Å². The number of fused-ring (bicyclic) bond motifs is 1. The van der Waals surface area contributed by atoms with Crippen LogP contribution >= 0.6 is 0 Å². The van der Waals surface area contributed by atoms with Gasteiger partial charge in [0.05, 0.1) is 19.2 Å². The van der Waals surface area contributed by atoms with Gasteiger partial charge in [-0.25, -0.2) is 14.4 Å². The van der Waals surface area contributed by atoms with Crippen LogP contribution in [0.25, 0.3) is 10.9 Å². The molecule has 1 aliphatic rings. The van der Waals surface area contributed by atoms with Crippen molar-refractivity contribution in [3.05, 3.63) is 24.3 Å². The van der Waals surface area contributed by atoms with Crippen molar-refractivity contribution in [2.45, 2.75) is 18.6 Å². The molecular formula is C15H16F4N4O. The first-order valence-corrected chi connectivity index (χ1v) is 7.39. The molecule has 3 rings (SSSR count). The number of rotatable bonds is 4. The Morgan fingerprint density at radius 1 is 1.33 bits per heavy atom. The Bertz CT molecular complexity index is 737. The summed E-state index contributed by atoms with van der Waals surface area (Å²) in [6.45, 7) is -0.295. The van der Waals surface area contributed by atoms with Crippen LogP contribution in [0, 0.1) is 5.82 Å². The number of nitrogens with one attached hydrogen (secondary N) is 1. The maximum Gasteiger partial charge on any atom is 0.401 e. The number of likely N-dealkylation sites (tertiary alicyclic amines) is 1. The molecule has 5 nitrogen and oxygen atoms in total. The summed E-state index contributed by atoms with van der Waals surface area (Å²) in [5, 5.41) is 3.69. The van der Waals surface area contributed by atoms with Crippen molar-refractivity contribution in [1.29, 1.82) is 0 Å². The number of methoxy groups -OCH3 is 1. The van der Waals surface area contributed by atoms with Crippen LogP contribution in [-0.4, -0.2) is 53.8 Å². The van der Waals surface area contributed by atoms with Gasteiger partial charge in [0, 0.05) is 30.6 Å². The van der Waals surface area contributed by atoms with Crippen molar-refractivity contribution in [2.75, 3.05) is 32.1 Å². The van der Waals surface area contributed by atoms with Crippen molar-refractivity contribution in [1.82, 2.24) is 14.9 Å². The SMILES string of the molecule is COc1cc2c(NC3CCN(CC(F)(F)F)C3)ncnc2cc1F. The molecule has 0 spiro atoms. The highest BCUT2D eigenvalue weighted by molar-refractivity contribution is 5.90. The third-order valence-corrected chi connectivity index (χ3v) is 3.93. The molecular weight excluding hydrogens is 328 g/mol. The minimum absolute atomic E-state index is 0.0606. The molecule has 1 unspecified atom stereocenters. The quantitative estimate of drug-likeness (QED) is 0.865. The predicted molar refractivity (Wildman–Crippen MR) is 80.6 cm³/mol. The van der Waals surface area contributed by atoms with Gasteiger partial charge in [-0.2, -0.15) is 13.2 Å². The highest BCUT2D eigenvalue weighted by Crippen LogP contribution is 2.28. The van der Waals surface area contributed by atoms with E-state index in [9.17, 15) is 17.6 Å². The molecule has 1 aliphatic heterocycles. The van der Waals surface area contributed by atoms with Gasteiger partial charge in [-0.05, 0) is 12.5 Å². The van der Waals surface area contributed by atoms with E-state index in [1.165, 1.54) is 30.5 Å². The Morgan fingerprint density at radius 3 is 2.83 bits per heavy atom. The third kappa shape index (κ3) is 3.66. The largest absolute Gasteiger partial charge is 0.494 e. The van der Waals surface area contributed by atoms with Gasteiger partial charge in [0.1, 0.15) is 12.1 Å². The maximum absolute atomic E-state index is 13.7. The van der Waals surface area contributed by atoms with Crippen molar-refractivity contribution in [2.24, 2.45) is 0 Å². The van der Waals surface area contributed by atoms with Crippen LogP contribution in [0.5, 0.6) is 5.75 Å².